The van der Waals surface area contributed by atoms with Crippen molar-refractivity contribution in [3.63, 3.8) is 0 Å². The van der Waals surface area contributed by atoms with Crippen LogP contribution in [0.2, 0.25) is 0 Å². The first-order chi connectivity index (χ1) is 8.49. The lowest BCUT2D eigenvalue weighted by Gasteiger charge is -2.14. The normalized spacial score (nSPS) is 9.89. The zero-order valence-electron chi connectivity index (χ0n) is 9.93. The molecular formula is C12H14FNO4. The SMILES string of the molecule is CN(CC(=O)O)C(=O)CCOc1cccc(F)c1. The van der Waals surface area contributed by atoms with Crippen molar-refractivity contribution in [2.75, 3.05) is 20.2 Å². The second-order valence-corrected chi connectivity index (χ2v) is 3.70. The fraction of sp³-hybridized carbons (Fsp3) is 0.333. The molecular weight excluding hydrogens is 241 g/mol. The zero-order chi connectivity index (χ0) is 13.5. The highest BCUT2D eigenvalue weighted by atomic mass is 19.1. The minimum absolute atomic E-state index is 0.0420. The van der Waals surface area contributed by atoms with Crippen molar-refractivity contribution in [1.29, 1.82) is 0 Å². The fourth-order valence-corrected chi connectivity index (χ4v) is 1.29. The number of carbonyl (C=O) groups is 2. The first-order valence-electron chi connectivity index (χ1n) is 5.33. The molecule has 1 aromatic carbocycles. The third-order valence-corrected chi connectivity index (χ3v) is 2.18. The number of hydrogen-bond acceptors (Lipinski definition) is 3. The van der Waals surface area contributed by atoms with Crippen molar-refractivity contribution in [3.8, 4) is 5.75 Å². The molecule has 18 heavy (non-hydrogen) atoms. The van der Waals surface area contributed by atoms with Gasteiger partial charge in [-0.25, -0.2) is 4.39 Å². The minimum atomic E-state index is -1.07. The summed E-state index contributed by atoms with van der Waals surface area (Å²) in [7, 11) is 1.40. The Bertz CT molecular complexity index is 436. The molecule has 1 amide bonds. The van der Waals surface area contributed by atoms with E-state index < -0.39 is 11.8 Å². The second kappa shape index (κ2) is 6.58. The average Bonchev–Trinajstić information content (AvgIpc) is 2.28. The van der Waals surface area contributed by atoms with Crippen molar-refractivity contribution in [1.82, 2.24) is 4.90 Å². The smallest absolute Gasteiger partial charge is 0.323 e. The Balaban J connectivity index is 2.33. The van der Waals surface area contributed by atoms with Crippen molar-refractivity contribution in [2.24, 2.45) is 0 Å². The van der Waals surface area contributed by atoms with Crippen LogP contribution in [0.25, 0.3) is 0 Å². The highest BCUT2D eigenvalue weighted by molar-refractivity contribution is 5.81. The Morgan fingerprint density at radius 2 is 2.17 bits per heavy atom. The molecule has 0 fully saturated rings. The maximum absolute atomic E-state index is 12.8. The van der Waals surface area contributed by atoms with E-state index in [1.165, 1.54) is 25.2 Å². The number of amides is 1. The third kappa shape index (κ3) is 4.82. The van der Waals surface area contributed by atoms with Crippen LogP contribution in [0, 0.1) is 5.82 Å². The number of benzene rings is 1. The summed E-state index contributed by atoms with van der Waals surface area (Å²) in [6.45, 7) is -0.273. The number of rotatable bonds is 6. The summed E-state index contributed by atoms with van der Waals surface area (Å²) in [6, 6.07) is 5.58. The van der Waals surface area contributed by atoms with Gasteiger partial charge in [0.05, 0.1) is 13.0 Å². The van der Waals surface area contributed by atoms with Gasteiger partial charge in [-0.3, -0.25) is 9.59 Å². The quantitative estimate of drug-likeness (QED) is 0.827. The Morgan fingerprint density at radius 1 is 1.44 bits per heavy atom. The van der Waals surface area contributed by atoms with Crippen LogP contribution in [0.5, 0.6) is 5.75 Å². The second-order valence-electron chi connectivity index (χ2n) is 3.70. The molecule has 0 bridgehead atoms. The highest BCUT2D eigenvalue weighted by Crippen LogP contribution is 2.12. The molecule has 0 saturated heterocycles. The molecule has 0 spiro atoms. The lowest BCUT2D eigenvalue weighted by molar-refractivity contribution is -0.143. The van der Waals surface area contributed by atoms with E-state index in [2.05, 4.69) is 0 Å². The maximum atomic E-state index is 12.8. The average molecular weight is 255 g/mol. The summed E-state index contributed by atoms with van der Waals surface area (Å²) >= 11 is 0. The van der Waals surface area contributed by atoms with Crippen molar-refractivity contribution >= 4 is 11.9 Å². The van der Waals surface area contributed by atoms with E-state index in [4.69, 9.17) is 9.84 Å². The number of aliphatic carboxylic acids is 1. The van der Waals surface area contributed by atoms with Gasteiger partial charge in [-0.05, 0) is 12.1 Å². The van der Waals surface area contributed by atoms with Crippen molar-refractivity contribution < 1.29 is 23.8 Å². The van der Waals surface area contributed by atoms with Gasteiger partial charge in [0.15, 0.2) is 0 Å². The van der Waals surface area contributed by atoms with E-state index >= 15 is 0 Å². The van der Waals surface area contributed by atoms with Crippen LogP contribution in [0.15, 0.2) is 24.3 Å². The van der Waals surface area contributed by atoms with Gasteiger partial charge in [0.2, 0.25) is 5.91 Å². The van der Waals surface area contributed by atoms with E-state index in [0.717, 1.165) is 4.90 Å². The molecule has 0 aliphatic rings. The fourth-order valence-electron chi connectivity index (χ4n) is 1.29. The molecule has 0 aliphatic carbocycles. The predicted octanol–water partition coefficient (Wildman–Crippen LogP) is 1.14. The molecule has 0 heterocycles. The number of carboxylic acid groups (broad SMARTS) is 1. The summed E-state index contributed by atoms with van der Waals surface area (Å²) in [5.74, 6) is -1.49. The van der Waals surface area contributed by atoms with Gasteiger partial charge in [0, 0.05) is 13.1 Å². The summed E-state index contributed by atoms with van der Waals surface area (Å²) in [5.41, 5.74) is 0. The summed E-state index contributed by atoms with van der Waals surface area (Å²) in [5, 5.41) is 8.50. The summed E-state index contributed by atoms with van der Waals surface area (Å²) < 4.78 is 18.0. The number of halogens is 1. The van der Waals surface area contributed by atoms with Crippen LogP contribution in [0.4, 0.5) is 4.39 Å². The summed E-state index contributed by atoms with van der Waals surface area (Å²) in [4.78, 5) is 22.9. The number of carboxylic acids is 1. The molecule has 0 radical (unpaired) electrons. The van der Waals surface area contributed by atoms with Gasteiger partial charge in [0.25, 0.3) is 0 Å². The standard InChI is InChI=1S/C12H14FNO4/c1-14(8-12(16)17)11(15)5-6-18-10-4-2-3-9(13)7-10/h2-4,7H,5-6,8H2,1H3,(H,16,17). The zero-order valence-corrected chi connectivity index (χ0v) is 9.93. The number of ether oxygens (including phenoxy) is 1. The Morgan fingerprint density at radius 3 is 2.78 bits per heavy atom. The van der Waals surface area contributed by atoms with Gasteiger partial charge < -0.3 is 14.7 Å². The Hall–Kier alpha value is -2.11. The monoisotopic (exact) mass is 255 g/mol. The number of carbonyl (C=O) groups excluding carboxylic acids is 1. The predicted molar refractivity (Wildman–Crippen MR) is 61.8 cm³/mol. The number of hydrogen-bond donors (Lipinski definition) is 1. The van der Waals surface area contributed by atoms with E-state index in [9.17, 15) is 14.0 Å². The number of likely N-dealkylation sites (N-methyl/N-ethyl adjacent to an activating group) is 1. The largest absolute Gasteiger partial charge is 0.493 e. The van der Waals surface area contributed by atoms with Gasteiger partial charge in [-0.15, -0.1) is 0 Å². The molecule has 98 valence electrons. The van der Waals surface area contributed by atoms with E-state index in [1.54, 1.807) is 6.07 Å². The topological polar surface area (TPSA) is 66.8 Å². The lowest BCUT2D eigenvalue weighted by atomic mass is 10.3. The van der Waals surface area contributed by atoms with Crippen LogP contribution in [0.1, 0.15) is 6.42 Å². The van der Waals surface area contributed by atoms with E-state index in [-0.39, 0.29) is 25.5 Å². The molecule has 1 N–H and O–H groups in total. The van der Waals surface area contributed by atoms with E-state index in [1.807, 2.05) is 0 Å². The van der Waals surface area contributed by atoms with Gasteiger partial charge >= 0.3 is 5.97 Å². The first kappa shape index (κ1) is 14.0. The van der Waals surface area contributed by atoms with E-state index in [0.29, 0.717) is 5.75 Å². The Kier molecular flexibility index (Phi) is 5.10. The molecule has 1 aromatic rings. The molecule has 6 heteroatoms. The lowest BCUT2D eigenvalue weighted by Crippen LogP contribution is -2.32. The third-order valence-electron chi connectivity index (χ3n) is 2.18. The Labute approximate surface area is 104 Å². The molecule has 0 unspecified atom stereocenters. The van der Waals surface area contributed by atoms with Crippen LogP contribution >= 0.6 is 0 Å². The molecule has 0 saturated carbocycles. The summed E-state index contributed by atoms with van der Waals surface area (Å²) in [6.07, 6.45) is 0.0420. The van der Waals surface area contributed by atoms with Crippen LogP contribution < -0.4 is 4.74 Å². The maximum Gasteiger partial charge on any atom is 0.323 e. The molecule has 0 aliphatic heterocycles. The molecule has 1 rings (SSSR count). The molecule has 0 aromatic heterocycles. The molecule has 5 nitrogen and oxygen atoms in total. The van der Waals surface area contributed by atoms with Crippen LogP contribution in [-0.2, 0) is 9.59 Å². The first-order valence-corrected chi connectivity index (χ1v) is 5.33. The van der Waals surface area contributed by atoms with Crippen molar-refractivity contribution in [3.05, 3.63) is 30.1 Å². The highest BCUT2D eigenvalue weighted by Gasteiger charge is 2.11. The van der Waals surface area contributed by atoms with Crippen LogP contribution in [0.3, 0.4) is 0 Å². The van der Waals surface area contributed by atoms with Crippen LogP contribution in [-0.4, -0.2) is 42.1 Å². The van der Waals surface area contributed by atoms with Gasteiger partial charge in [-0.1, -0.05) is 6.07 Å². The molecule has 0 atom stereocenters. The van der Waals surface area contributed by atoms with Gasteiger partial charge in [-0.2, -0.15) is 0 Å². The minimum Gasteiger partial charge on any atom is -0.493 e. The number of nitrogens with zero attached hydrogens (tertiary/aromatic N) is 1. The van der Waals surface area contributed by atoms with Gasteiger partial charge in [0.1, 0.15) is 18.1 Å². The van der Waals surface area contributed by atoms with Crippen molar-refractivity contribution in [2.45, 2.75) is 6.42 Å².